The Hall–Kier alpha value is -1.82. The van der Waals surface area contributed by atoms with Gasteiger partial charge in [0.15, 0.2) is 5.82 Å². The van der Waals surface area contributed by atoms with Crippen molar-refractivity contribution in [1.29, 1.82) is 0 Å². The van der Waals surface area contributed by atoms with Crippen LogP contribution < -0.4 is 10.6 Å². The van der Waals surface area contributed by atoms with Gasteiger partial charge in [-0.1, -0.05) is 13.0 Å². The van der Waals surface area contributed by atoms with Gasteiger partial charge in [-0.15, -0.1) is 6.58 Å². The SMILES string of the molecule is C=CC[C@H](CC)NC(=O)Nc1ccn(CCN(C)C)n1. The van der Waals surface area contributed by atoms with Gasteiger partial charge in [-0.3, -0.25) is 10.00 Å². The number of hydrogen-bond acceptors (Lipinski definition) is 3. The van der Waals surface area contributed by atoms with Gasteiger partial charge in [0.1, 0.15) is 0 Å². The van der Waals surface area contributed by atoms with E-state index in [9.17, 15) is 4.79 Å². The second-order valence-electron chi connectivity index (χ2n) is 5.00. The Morgan fingerprint density at radius 2 is 2.35 bits per heavy atom. The Labute approximate surface area is 120 Å². The van der Waals surface area contributed by atoms with Crippen LogP contribution in [0.3, 0.4) is 0 Å². The number of nitrogens with zero attached hydrogens (tertiary/aromatic N) is 3. The Balaban J connectivity index is 2.43. The Bertz CT molecular complexity index is 427. The summed E-state index contributed by atoms with van der Waals surface area (Å²) in [6.07, 6.45) is 5.31. The highest BCUT2D eigenvalue weighted by atomic mass is 16.2. The lowest BCUT2D eigenvalue weighted by Crippen LogP contribution is -2.37. The molecule has 0 bridgehead atoms. The van der Waals surface area contributed by atoms with Gasteiger partial charge in [0.25, 0.3) is 0 Å². The molecule has 0 aromatic carbocycles. The van der Waals surface area contributed by atoms with Gasteiger partial charge in [0.2, 0.25) is 0 Å². The van der Waals surface area contributed by atoms with Crippen molar-refractivity contribution >= 4 is 11.8 Å². The molecule has 2 N–H and O–H groups in total. The number of likely N-dealkylation sites (N-methyl/N-ethyl adjacent to an activating group) is 1. The summed E-state index contributed by atoms with van der Waals surface area (Å²) >= 11 is 0. The number of urea groups is 1. The molecule has 2 amide bonds. The molecule has 1 atom stereocenters. The Morgan fingerprint density at radius 3 is 2.95 bits per heavy atom. The molecule has 0 spiro atoms. The van der Waals surface area contributed by atoms with E-state index >= 15 is 0 Å². The lowest BCUT2D eigenvalue weighted by Gasteiger charge is -2.14. The van der Waals surface area contributed by atoms with Crippen LogP contribution in [-0.2, 0) is 6.54 Å². The van der Waals surface area contributed by atoms with E-state index in [1.807, 2.05) is 38.0 Å². The number of nitrogens with one attached hydrogen (secondary N) is 2. The zero-order chi connectivity index (χ0) is 15.0. The predicted octanol–water partition coefficient (Wildman–Crippen LogP) is 1.92. The van der Waals surface area contributed by atoms with Crippen molar-refractivity contribution in [3.8, 4) is 0 Å². The van der Waals surface area contributed by atoms with Crippen molar-refractivity contribution in [3.63, 3.8) is 0 Å². The molecule has 6 heteroatoms. The van der Waals surface area contributed by atoms with E-state index in [1.165, 1.54) is 0 Å². The summed E-state index contributed by atoms with van der Waals surface area (Å²) in [5, 5.41) is 9.94. The van der Waals surface area contributed by atoms with E-state index in [-0.39, 0.29) is 12.1 Å². The van der Waals surface area contributed by atoms with Crippen molar-refractivity contribution in [3.05, 3.63) is 24.9 Å². The van der Waals surface area contributed by atoms with E-state index < -0.39 is 0 Å². The number of carbonyl (C=O) groups excluding carboxylic acids is 1. The summed E-state index contributed by atoms with van der Waals surface area (Å²) < 4.78 is 1.82. The lowest BCUT2D eigenvalue weighted by molar-refractivity contribution is 0.248. The van der Waals surface area contributed by atoms with Crippen LogP contribution in [0.2, 0.25) is 0 Å². The largest absolute Gasteiger partial charge is 0.335 e. The molecular formula is C14H25N5O. The Kier molecular flexibility index (Phi) is 6.79. The molecule has 0 fully saturated rings. The molecule has 1 aromatic heterocycles. The molecule has 1 aromatic rings. The fourth-order valence-corrected chi connectivity index (χ4v) is 1.72. The van der Waals surface area contributed by atoms with Crippen molar-refractivity contribution in [2.75, 3.05) is 26.0 Å². The minimum absolute atomic E-state index is 0.114. The molecule has 6 nitrogen and oxygen atoms in total. The molecule has 0 saturated heterocycles. The first-order valence-corrected chi connectivity index (χ1v) is 6.91. The van der Waals surface area contributed by atoms with E-state index in [4.69, 9.17) is 0 Å². The summed E-state index contributed by atoms with van der Waals surface area (Å²) in [7, 11) is 4.03. The quantitative estimate of drug-likeness (QED) is 0.715. The maximum absolute atomic E-state index is 11.8. The maximum atomic E-state index is 11.8. The van der Waals surface area contributed by atoms with Gasteiger partial charge in [-0.25, -0.2) is 4.79 Å². The van der Waals surface area contributed by atoms with Crippen LogP contribution in [-0.4, -0.2) is 47.4 Å². The highest BCUT2D eigenvalue weighted by Crippen LogP contribution is 2.04. The highest BCUT2D eigenvalue weighted by molar-refractivity contribution is 5.88. The summed E-state index contributed by atoms with van der Waals surface area (Å²) in [4.78, 5) is 13.9. The number of carbonyl (C=O) groups is 1. The summed E-state index contributed by atoms with van der Waals surface area (Å²) in [6.45, 7) is 7.42. The van der Waals surface area contributed by atoms with Crippen molar-refractivity contribution < 1.29 is 4.79 Å². The van der Waals surface area contributed by atoms with Crippen molar-refractivity contribution in [2.24, 2.45) is 0 Å². The van der Waals surface area contributed by atoms with Crippen LogP contribution in [0.5, 0.6) is 0 Å². The van der Waals surface area contributed by atoms with E-state index in [0.29, 0.717) is 5.82 Å². The predicted molar refractivity (Wildman–Crippen MR) is 81.8 cm³/mol. The van der Waals surface area contributed by atoms with Crippen LogP contribution in [0.25, 0.3) is 0 Å². The number of aromatic nitrogens is 2. The number of rotatable bonds is 8. The smallest absolute Gasteiger partial charge is 0.320 e. The fourth-order valence-electron chi connectivity index (χ4n) is 1.72. The van der Waals surface area contributed by atoms with Gasteiger partial charge < -0.3 is 10.2 Å². The first-order valence-electron chi connectivity index (χ1n) is 6.91. The molecule has 0 aliphatic heterocycles. The summed E-state index contributed by atoms with van der Waals surface area (Å²) in [6, 6.07) is 1.68. The summed E-state index contributed by atoms with van der Waals surface area (Å²) in [5.74, 6) is 0.565. The van der Waals surface area contributed by atoms with Gasteiger partial charge in [-0.2, -0.15) is 5.10 Å². The third kappa shape index (κ3) is 5.88. The molecule has 0 aliphatic rings. The molecule has 0 aliphatic carbocycles. The van der Waals surface area contributed by atoms with Crippen LogP contribution in [0.4, 0.5) is 10.6 Å². The zero-order valence-corrected chi connectivity index (χ0v) is 12.6. The molecule has 112 valence electrons. The third-order valence-electron chi connectivity index (χ3n) is 2.94. The fraction of sp³-hybridized carbons (Fsp3) is 0.571. The molecule has 0 unspecified atom stereocenters. The second-order valence-corrected chi connectivity index (χ2v) is 5.00. The molecule has 1 heterocycles. The Morgan fingerprint density at radius 1 is 1.60 bits per heavy atom. The van der Waals surface area contributed by atoms with Gasteiger partial charge in [0.05, 0.1) is 6.54 Å². The van der Waals surface area contributed by atoms with Crippen LogP contribution in [0, 0.1) is 0 Å². The van der Waals surface area contributed by atoms with Crippen LogP contribution >= 0.6 is 0 Å². The number of amides is 2. The molecule has 0 radical (unpaired) electrons. The molecule has 0 saturated carbocycles. The molecular weight excluding hydrogens is 254 g/mol. The van der Waals surface area contributed by atoms with Gasteiger partial charge in [-0.05, 0) is 26.9 Å². The minimum atomic E-state index is -0.225. The lowest BCUT2D eigenvalue weighted by atomic mass is 10.1. The van der Waals surface area contributed by atoms with E-state index in [2.05, 4.69) is 27.2 Å². The average molecular weight is 279 g/mol. The minimum Gasteiger partial charge on any atom is -0.335 e. The van der Waals surface area contributed by atoms with Crippen LogP contribution in [0.1, 0.15) is 19.8 Å². The normalized spacial score (nSPS) is 12.2. The number of hydrogen-bond donors (Lipinski definition) is 2. The second kappa shape index (κ2) is 8.37. The first-order chi connectivity index (χ1) is 9.55. The van der Waals surface area contributed by atoms with Gasteiger partial charge in [0, 0.05) is 24.8 Å². The molecule has 1 rings (SSSR count). The number of anilines is 1. The van der Waals surface area contributed by atoms with Gasteiger partial charge >= 0.3 is 6.03 Å². The zero-order valence-electron chi connectivity index (χ0n) is 12.6. The molecule has 20 heavy (non-hydrogen) atoms. The van der Waals surface area contributed by atoms with E-state index in [1.54, 1.807) is 6.07 Å². The maximum Gasteiger partial charge on any atom is 0.320 e. The first kappa shape index (κ1) is 16.2. The monoisotopic (exact) mass is 279 g/mol. The van der Waals surface area contributed by atoms with E-state index in [0.717, 1.165) is 25.9 Å². The topological polar surface area (TPSA) is 62.2 Å². The van der Waals surface area contributed by atoms with Crippen molar-refractivity contribution in [2.45, 2.75) is 32.4 Å². The van der Waals surface area contributed by atoms with Crippen molar-refractivity contribution in [1.82, 2.24) is 20.0 Å². The third-order valence-corrected chi connectivity index (χ3v) is 2.94. The summed E-state index contributed by atoms with van der Waals surface area (Å²) in [5.41, 5.74) is 0. The highest BCUT2D eigenvalue weighted by Gasteiger charge is 2.10. The van der Waals surface area contributed by atoms with Crippen LogP contribution in [0.15, 0.2) is 24.9 Å². The average Bonchev–Trinajstić information content (AvgIpc) is 2.83. The standard InChI is InChI=1S/C14H25N5O/c1-5-7-12(6-2)15-14(20)16-13-8-9-19(17-13)11-10-18(3)4/h5,8-9,12H,1,6-7,10-11H2,2-4H3,(H2,15,16,17,20)/t12-/m0/s1.